The lowest BCUT2D eigenvalue weighted by atomic mass is 9.90. The summed E-state index contributed by atoms with van der Waals surface area (Å²) in [6.45, 7) is 4.85. The third kappa shape index (κ3) is 2.90. The van der Waals surface area contributed by atoms with Gasteiger partial charge in [0, 0.05) is 13.1 Å². The van der Waals surface area contributed by atoms with Crippen LogP contribution in [-0.2, 0) is 9.53 Å². The first-order chi connectivity index (χ1) is 11.9. The van der Waals surface area contributed by atoms with Crippen LogP contribution in [-0.4, -0.2) is 94.1 Å². The van der Waals surface area contributed by atoms with E-state index in [-0.39, 0.29) is 30.0 Å². The molecular weight excluding hydrogens is 326 g/mol. The summed E-state index contributed by atoms with van der Waals surface area (Å²) in [4.78, 5) is 29.1. The normalized spacial score (nSPS) is 37.4. The van der Waals surface area contributed by atoms with Crippen molar-refractivity contribution in [3.8, 4) is 0 Å². The van der Waals surface area contributed by atoms with E-state index >= 15 is 0 Å². The second-order valence-electron chi connectivity index (χ2n) is 8.02. The zero-order valence-electron chi connectivity index (χ0n) is 14.6. The molecule has 4 aliphatic rings. The molecule has 2 amide bonds. The monoisotopic (exact) mass is 353 g/mol. The first kappa shape index (κ1) is 17.1. The smallest absolute Gasteiger partial charge is 0.408 e. The largest absolute Gasteiger partial charge is 0.465 e. The molecule has 25 heavy (non-hydrogen) atoms. The van der Waals surface area contributed by atoms with E-state index in [1.807, 2.05) is 0 Å². The topological polar surface area (TPSA) is 93.6 Å². The van der Waals surface area contributed by atoms with Gasteiger partial charge in [-0.05, 0) is 44.6 Å². The zero-order valence-corrected chi connectivity index (χ0v) is 14.6. The van der Waals surface area contributed by atoms with Gasteiger partial charge in [-0.25, -0.2) is 4.79 Å². The highest BCUT2D eigenvalue weighted by atomic mass is 16.5. The van der Waals surface area contributed by atoms with Gasteiger partial charge in [-0.2, -0.15) is 0 Å². The Kier molecular flexibility index (Phi) is 4.16. The van der Waals surface area contributed by atoms with Crippen LogP contribution in [0.4, 0.5) is 4.79 Å². The molecule has 4 atom stereocenters. The molecule has 0 unspecified atom stereocenters. The van der Waals surface area contributed by atoms with Gasteiger partial charge in [-0.3, -0.25) is 9.69 Å². The van der Waals surface area contributed by atoms with Crippen molar-refractivity contribution in [2.24, 2.45) is 5.41 Å². The van der Waals surface area contributed by atoms with Crippen LogP contribution in [0.25, 0.3) is 0 Å². The minimum absolute atomic E-state index is 0.00940. The molecule has 2 N–H and O–H groups in total. The summed E-state index contributed by atoms with van der Waals surface area (Å²) in [6, 6.07) is -0.672. The number of hydrogen-bond donors (Lipinski definition) is 2. The number of carboxylic acid groups (broad SMARTS) is 1. The number of nitrogens with zero attached hydrogens (tertiary/aromatic N) is 3. The van der Waals surface area contributed by atoms with Crippen molar-refractivity contribution in [1.29, 1.82) is 0 Å². The molecule has 3 heterocycles. The molecular formula is C17H27N3O5. The standard InChI is InChI=1S/C17H27N3O5/c1-11-15(22)20-12(10-25-14(20)9-19(11)16(23)24)2-6-18-7-5-17(3-4-17)13(21)8-18/h11-14,21H,2-10H2,1H3,(H,23,24)/t11-,12-,13+,14+/m0/s1. The summed E-state index contributed by atoms with van der Waals surface area (Å²) in [5.41, 5.74) is 0.205. The van der Waals surface area contributed by atoms with Crippen molar-refractivity contribution in [2.45, 2.75) is 57.0 Å². The van der Waals surface area contributed by atoms with Crippen LogP contribution in [0.5, 0.6) is 0 Å². The van der Waals surface area contributed by atoms with Crippen LogP contribution in [0.2, 0.25) is 0 Å². The second-order valence-corrected chi connectivity index (χ2v) is 8.02. The summed E-state index contributed by atoms with van der Waals surface area (Å²) in [6.07, 6.45) is 2.39. The minimum atomic E-state index is -1.08. The molecule has 0 aromatic carbocycles. The van der Waals surface area contributed by atoms with E-state index in [1.54, 1.807) is 11.8 Å². The van der Waals surface area contributed by atoms with Gasteiger partial charge in [-0.1, -0.05) is 0 Å². The molecule has 0 aromatic heterocycles. The molecule has 4 rings (SSSR count). The predicted molar refractivity (Wildman–Crippen MR) is 87.9 cm³/mol. The number of ether oxygens (including phenoxy) is 1. The lowest BCUT2D eigenvalue weighted by molar-refractivity contribution is -0.151. The molecule has 4 fully saturated rings. The number of piperazine rings is 1. The molecule has 140 valence electrons. The predicted octanol–water partition coefficient (Wildman–Crippen LogP) is 0.159. The molecule has 3 aliphatic heterocycles. The molecule has 8 nitrogen and oxygen atoms in total. The van der Waals surface area contributed by atoms with Crippen molar-refractivity contribution < 1.29 is 24.5 Å². The van der Waals surface area contributed by atoms with Gasteiger partial charge in [0.25, 0.3) is 0 Å². The van der Waals surface area contributed by atoms with E-state index in [1.165, 1.54) is 0 Å². The molecule has 1 spiro atoms. The number of amides is 2. The Morgan fingerprint density at radius 2 is 2.08 bits per heavy atom. The third-order valence-electron chi connectivity index (χ3n) is 6.60. The Morgan fingerprint density at radius 1 is 1.32 bits per heavy atom. The minimum Gasteiger partial charge on any atom is -0.465 e. The average molecular weight is 353 g/mol. The maximum Gasteiger partial charge on any atom is 0.408 e. The quantitative estimate of drug-likeness (QED) is 0.751. The lowest BCUT2D eigenvalue weighted by Crippen LogP contribution is -2.62. The Bertz CT molecular complexity index is 566. The zero-order chi connectivity index (χ0) is 17.8. The van der Waals surface area contributed by atoms with Crippen LogP contribution in [0, 0.1) is 5.41 Å². The Balaban J connectivity index is 1.33. The van der Waals surface area contributed by atoms with E-state index in [2.05, 4.69) is 4.90 Å². The number of aliphatic hydroxyl groups excluding tert-OH is 1. The van der Waals surface area contributed by atoms with Crippen molar-refractivity contribution in [3.63, 3.8) is 0 Å². The number of carbonyl (C=O) groups excluding carboxylic acids is 1. The number of carbonyl (C=O) groups is 2. The number of rotatable bonds is 3. The number of aliphatic hydroxyl groups is 1. The summed E-state index contributed by atoms with van der Waals surface area (Å²) < 4.78 is 5.70. The fourth-order valence-corrected chi connectivity index (χ4v) is 4.58. The Hall–Kier alpha value is -1.38. The third-order valence-corrected chi connectivity index (χ3v) is 6.60. The van der Waals surface area contributed by atoms with Crippen molar-refractivity contribution in [1.82, 2.24) is 14.7 Å². The second kappa shape index (κ2) is 6.10. The Labute approximate surface area is 147 Å². The van der Waals surface area contributed by atoms with Crippen molar-refractivity contribution in [2.75, 3.05) is 32.8 Å². The highest BCUT2D eigenvalue weighted by Gasteiger charge is 2.51. The molecule has 3 saturated heterocycles. The lowest BCUT2D eigenvalue weighted by Gasteiger charge is -2.41. The van der Waals surface area contributed by atoms with E-state index in [0.29, 0.717) is 13.2 Å². The van der Waals surface area contributed by atoms with Gasteiger partial charge in [0.2, 0.25) is 5.91 Å². The highest BCUT2D eigenvalue weighted by molar-refractivity contribution is 5.86. The number of likely N-dealkylation sites (tertiary alicyclic amines) is 1. The molecule has 1 saturated carbocycles. The van der Waals surface area contributed by atoms with Gasteiger partial charge in [0.15, 0.2) is 6.23 Å². The van der Waals surface area contributed by atoms with Crippen LogP contribution in [0.1, 0.15) is 32.6 Å². The van der Waals surface area contributed by atoms with Gasteiger partial charge >= 0.3 is 6.09 Å². The molecule has 0 radical (unpaired) electrons. The maximum atomic E-state index is 12.6. The first-order valence-electron chi connectivity index (χ1n) is 9.25. The fraction of sp³-hybridized carbons (Fsp3) is 0.882. The molecule has 8 heteroatoms. The van der Waals surface area contributed by atoms with Crippen molar-refractivity contribution in [3.05, 3.63) is 0 Å². The van der Waals surface area contributed by atoms with Crippen LogP contribution in [0.15, 0.2) is 0 Å². The van der Waals surface area contributed by atoms with E-state index in [4.69, 9.17) is 4.74 Å². The van der Waals surface area contributed by atoms with Gasteiger partial charge in [0.1, 0.15) is 6.04 Å². The number of hydrogen-bond acceptors (Lipinski definition) is 5. The number of fused-ring (bicyclic) bond motifs is 1. The number of β-amino-alcohol motifs (C(OH)–C–C–N with tert-alkyl or cyclic N) is 1. The van der Waals surface area contributed by atoms with Crippen molar-refractivity contribution >= 4 is 12.0 Å². The van der Waals surface area contributed by atoms with E-state index in [0.717, 1.165) is 43.7 Å². The fourth-order valence-electron chi connectivity index (χ4n) is 4.58. The summed E-state index contributed by atoms with van der Waals surface area (Å²) in [7, 11) is 0. The van der Waals surface area contributed by atoms with Gasteiger partial charge < -0.3 is 24.7 Å². The van der Waals surface area contributed by atoms with Crippen LogP contribution in [0.3, 0.4) is 0 Å². The maximum absolute atomic E-state index is 12.6. The van der Waals surface area contributed by atoms with Crippen LogP contribution < -0.4 is 0 Å². The summed E-state index contributed by atoms with van der Waals surface area (Å²) >= 11 is 0. The molecule has 1 aliphatic carbocycles. The summed E-state index contributed by atoms with van der Waals surface area (Å²) in [5, 5.41) is 19.5. The first-order valence-corrected chi connectivity index (χ1v) is 9.25. The van der Waals surface area contributed by atoms with E-state index in [9.17, 15) is 19.8 Å². The van der Waals surface area contributed by atoms with Gasteiger partial charge in [-0.15, -0.1) is 0 Å². The number of piperidine rings is 1. The molecule has 0 aromatic rings. The Morgan fingerprint density at radius 3 is 2.72 bits per heavy atom. The summed E-state index contributed by atoms with van der Waals surface area (Å²) in [5.74, 6) is -0.170. The SMILES string of the molecule is C[C@H]1C(=O)N2[C@@H](CCN3CCC4(CC4)[C@H](O)C3)CO[C@@H]2CN1C(=O)O. The average Bonchev–Trinajstić information content (AvgIpc) is 3.24. The van der Waals surface area contributed by atoms with Crippen LogP contribution >= 0.6 is 0 Å². The highest BCUT2D eigenvalue weighted by Crippen LogP contribution is 2.53. The van der Waals surface area contributed by atoms with E-state index < -0.39 is 18.4 Å². The molecule has 0 bridgehead atoms. The van der Waals surface area contributed by atoms with Gasteiger partial charge in [0.05, 0.1) is 25.3 Å².